The van der Waals surface area contributed by atoms with Crippen molar-refractivity contribution in [3.8, 4) is 0 Å². The summed E-state index contributed by atoms with van der Waals surface area (Å²) >= 11 is 0. The Bertz CT molecular complexity index is 654. The van der Waals surface area contributed by atoms with Crippen LogP contribution in [0.3, 0.4) is 0 Å². The Kier molecular flexibility index (Phi) is 3.98. The fraction of sp³-hybridized carbons (Fsp3) is 0.267. The first-order valence-corrected chi connectivity index (χ1v) is 6.37. The van der Waals surface area contributed by atoms with E-state index in [1.165, 1.54) is 6.92 Å². The van der Waals surface area contributed by atoms with E-state index in [1.807, 2.05) is 24.3 Å². The SMILES string of the molecule is CC(C(=O)O)C(C)C(=O)Nc1ccc2ncccc2c1. The zero-order chi connectivity index (χ0) is 14.7. The molecule has 0 aliphatic heterocycles. The summed E-state index contributed by atoms with van der Waals surface area (Å²) in [6.45, 7) is 3.13. The molecule has 1 aromatic heterocycles. The van der Waals surface area contributed by atoms with Gasteiger partial charge in [0.25, 0.3) is 0 Å². The number of hydrogen-bond acceptors (Lipinski definition) is 3. The molecule has 0 radical (unpaired) electrons. The molecule has 0 bridgehead atoms. The van der Waals surface area contributed by atoms with Gasteiger partial charge in [0.2, 0.25) is 5.91 Å². The van der Waals surface area contributed by atoms with Crippen LogP contribution in [0.15, 0.2) is 36.5 Å². The molecule has 2 unspecified atom stereocenters. The summed E-state index contributed by atoms with van der Waals surface area (Å²) in [7, 11) is 0. The highest BCUT2D eigenvalue weighted by Gasteiger charge is 2.25. The number of nitrogens with one attached hydrogen (secondary N) is 1. The topological polar surface area (TPSA) is 79.3 Å². The maximum atomic E-state index is 12.0. The Hall–Kier alpha value is -2.43. The monoisotopic (exact) mass is 272 g/mol. The Morgan fingerprint density at radius 3 is 2.65 bits per heavy atom. The number of carboxylic acid groups (broad SMARTS) is 1. The number of hydrogen-bond donors (Lipinski definition) is 2. The highest BCUT2D eigenvalue weighted by molar-refractivity contribution is 5.96. The molecule has 0 spiro atoms. The van der Waals surface area contributed by atoms with Crippen LogP contribution in [0, 0.1) is 11.8 Å². The van der Waals surface area contributed by atoms with Gasteiger partial charge in [0.15, 0.2) is 0 Å². The first-order chi connectivity index (χ1) is 9.49. The lowest BCUT2D eigenvalue weighted by molar-refractivity contribution is -0.145. The third-order valence-electron chi connectivity index (χ3n) is 3.42. The molecule has 0 saturated heterocycles. The average molecular weight is 272 g/mol. The predicted octanol–water partition coefficient (Wildman–Crippen LogP) is 2.53. The molecule has 0 saturated carbocycles. The van der Waals surface area contributed by atoms with Crippen LogP contribution in [0.25, 0.3) is 10.9 Å². The minimum Gasteiger partial charge on any atom is -0.481 e. The maximum Gasteiger partial charge on any atom is 0.307 e. The van der Waals surface area contributed by atoms with E-state index < -0.39 is 17.8 Å². The summed E-state index contributed by atoms with van der Waals surface area (Å²) in [4.78, 5) is 27.1. The number of nitrogens with zero attached hydrogens (tertiary/aromatic N) is 1. The van der Waals surface area contributed by atoms with Crippen LogP contribution >= 0.6 is 0 Å². The van der Waals surface area contributed by atoms with Gasteiger partial charge in [0.1, 0.15) is 0 Å². The first-order valence-electron chi connectivity index (χ1n) is 6.37. The molecular weight excluding hydrogens is 256 g/mol. The second-order valence-corrected chi connectivity index (χ2v) is 4.82. The number of benzene rings is 1. The zero-order valence-electron chi connectivity index (χ0n) is 11.3. The number of aliphatic carboxylic acids is 1. The Balaban J connectivity index is 2.15. The van der Waals surface area contributed by atoms with Crippen molar-refractivity contribution < 1.29 is 14.7 Å². The molecule has 2 rings (SSSR count). The molecule has 20 heavy (non-hydrogen) atoms. The number of aromatic nitrogens is 1. The molecule has 1 aromatic carbocycles. The number of rotatable bonds is 4. The van der Waals surface area contributed by atoms with Crippen LogP contribution in [0.2, 0.25) is 0 Å². The van der Waals surface area contributed by atoms with Crippen molar-refractivity contribution in [2.45, 2.75) is 13.8 Å². The number of carbonyl (C=O) groups excluding carboxylic acids is 1. The van der Waals surface area contributed by atoms with Crippen molar-refractivity contribution in [1.82, 2.24) is 4.98 Å². The summed E-state index contributed by atoms with van der Waals surface area (Å²) in [6, 6.07) is 9.12. The second kappa shape index (κ2) is 5.69. The second-order valence-electron chi connectivity index (χ2n) is 4.82. The molecule has 5 nitrogen and oxygen atoms in total. The van der Waals surface area contributed by atoms with Crippen LogP contribution in [-0.2, 0) is 9.59 Å². The molecule has 1 heterocycles. The minimum absolute atomic E-state index is 0.303. The third kappa shape index (κ3) is 2.93. The van der Waals surface area contributed by atoms with Crippen molar-refractivity contribution in [1.29, 1.82) is 0 Å². The third-order valence-corrected chi connectivity index (χ3v) is 3.42. The van der Waals surface area contributed by atoms with E-state index in [4.69, 9.17) is 5.11 Å². The van der Waals surface area contributed by atoms with Gasteiger partial charge in [-0.3, -0.25) is 14.6 Å². The lowest BCUT2D eigenvalue weighted by Gasteiger charge is -2.15. The molecule has 0 aliphatic carbocycles. The van der Waals surface area contributed by atoms with Gasteiger partial charge in [-0.05, 0) is 24.3 Å². The van der Waals surface area contributed by atoms with Gasteiger partial charge in [-0.15, -0.1) is 0 Å². The lowest BCUT2D eigenvalue weighted by atomic mass is 9.95. The van der Waals surface area contributed by atoms with E-state index in [0.29, 0.717) is 5.69 Å². The van der Waals surface area contributed by atoms with E-state index in [9.17, 15) is 9.59 Å². The Morgan fingerprint density at radius 1 is 1.20 bits per heavy atom. The van der Waals surface area contributed by atoms with E-state index in [2.05, 4.69) is 10.3 Å². The number of fused-ring (bicyclic) bond motifs is 1. The van der Waals surface area contributed by atoms with Crippen molar-refractivity contribution in [3.63, 3.8) is 0 Å². The van der Waals surface area contributed by atoms with Crippen LogP contribution < -0.4 is 5.32 Å². The fourth-order valence-corrected chi connectivity index (χ4v) is 1.85. The van der Waals surface area contributed by atoms with Crippen molar-refractivity contribution in [3.05, 3.63) is 36.5 Å². The zero-order valence-corrected chi connectivity index (χ0v) is 11.3. The number of carboxylic acids is 1. The molecular formula is C15H16N2O3. The Morgan fingerprint density at radius 2 is 1.95 bits per heavy atom. The van der Waals surface area contributed by atoms with Gasteiger partial charge < -0.3 is 10.4 Å². The highest BCUT2D eigenvalue weighted by atomic mass is 16.4. The van der Waals surface area contributed by atoms with Crippen LogP contribution in [0.5, 0.6) is 0 Å². The normalized spacial score (nSPS) is 13.7. The molecule has 2 aromatic rings. The van der Waals surface area contributed by atoms with Crippen LogP contribution in [0.1, 0.15) is 13.8 Å². The van der Waals surface area contributed by atoms with Gasteiger partial charge in [-0.25, -0.2) is 0 Å². The molecule has 104 valence electrons. The molecule has 0 fully saturated rings. The average Bonchev–Trinajstić information content (AvgIpc) is 2.45. The standard InChI is InChI=1S/C15H16N2O3/c1-9(10(2)15(19)20)14(18)17-12-5-6-13-11(8-12)4-3-7-16-13/h3-10H,1-2H3,(H,17,18)(H,19,20). The van der Waals surface area contributed by atoms with E-state index >= 15 is 0 Å². The number of carbonyl (C=O) groups is 2. The maximum absolute atomic E-state index is 12.0. The van der Waals surface area contributed by atoms with E-state index in [-0.39, 0.29) is 5.91 Å². The van der Waals surface area contributed by atoms with Gasteiger partial charge >= 0.3 is 5.97 Å². The molecule has 2 atom stereocenters. The fourth-order valence-electron chi connectivity index (χ4n) is 1.85. The summed E-state index contributed by atoms with van der Waals surface area (Å²) in [6.07, 6.45) is 1.71. The smallest absolute Gasteiger partial charge is 0.307 e. The van der Waals surface area contributed by atoms with E-state index in [0.717, 1.165) is 10.9 Å². The van der Waals surface area contributed by atoms with Crippen molar-refractivity contribution >= 4 is 28.5 Å². The van der Waals surface area contributed by atoms with E-state index in [1.54, 1.807) is 19.2 Å². The molecule has 1 amide bonds. The number of anilines is 1. The van der Waals surface area contributed by atoms with Gasteiger partial charge in [0.05, 0.1) is 11.4 Å². The highest BCUT2D eigenvalue weighted by Crippen LogP contribution is 2.19. The lowest BCUT2D eigenvalue weighted by Crippen LogP contribution is -2.29. The molecule has 5 heteroatoms. The first kappa shape index (κ1) is 14.0. The predicted molar refractivity (Wildman–Crippen MR) is 76.3 cm³/mol. The summed E-state index contributed by atoms with van der Waals surface area (Å²) < 4.78 is 0. The van der Waals surface area contributed by atoms with Gasteiger partial charge in [0, 0.05) is 23.2 Å². The summed E-state index contributed by atoms with van der Waals surface area (Å²) in [5.41, 5.74) is 1.48. The van der Waals surface area contributed by atoms with Crippen molar-refractivity contribution in [2.75, 3.05) is 5.32 Å². The number of pyridine rings is 1. The quantitative estimate of drug-likeness (QED) is 0.896. The number of amides is 1. The van der Waals surface area contributed by atoms with Gasteiger partial charge in [-0.1, -0.05) is 19.9 Å². The molecule has 0 aliphatic rings. The Labute approximate surface area is 116 Å². The minimum atomic E-state index is -0.977. The molecule has 2 N–H and O–H groups in total. The van der Waals surface area contributed by atoms with Crippen LogP contribution in [0.4, 0.5) is 5.69 Å². The largest absolute Gasteiger partial charge is 0.481 e. The van der Waals surface area contributed by atoms with Gasteiger partial charge in [-0.2, -0.15) is 0 Å². The van der Waals surface area contributed by atoms with Crippen molar-refractivity contribution in [2.24, 2.45) is 11.8 Å². The summed E-state index contributed by atoms with van der Waals surface area (Å²) in [5, 5.41) is 12.6. The van der Waals surface area contributed by atoms with Crippen LogP contribution in [-0.4, -0.2) is 22.0 Å². The summed E-state index contributed by atoms with van der Waals surface area (Å²) in [5.74, 6) is -2.60.